The van der Waals surface area contributed by atoms with E-state index in [0.717, 1.165) is 18.7 Å². The van der Waals surface area contributed by atoms with E-state index >= 15 is 0 Å². The second-order valence-corrected chi connectivity index (χ2v) is 3.68. The smallest absolute Gasteiger partial charge is 0.164 e. The molecular formula is C12H15N3O. The number of hydrogen-bond acceptors (Lipinski definition) is 2. The zero-order chi connectivity index (χ0) is 11.4. The largest absolute Gasteiger partial charge is 0.352 e. The van der Waals surface area contributed by atoms with Crippen LogP contribution in [0.5, 0.6) is 0 Å². The van der Waals surface area contributed by atoms with Crippen LogP contribution < -0.4 is 0 Å². The van der Waals surface area contributed by atoms with E-state index in [9.17, 15) is 4.79 Å². The lowest BCUT2D eigenvalue weighted by Gasteiger charge is -2.02. The molecule has 0 radical (unpaired) electrons. The summed E-state index contributed by atoms with van der Waals surface area (Å²) in [5.74, 6) is 0.192. The van der Waals surface area contributed by atoms with Gasteiger partial charge in [0.1, 0.15) is 0 Å². The Hall–Kier alpha value is -1.84. The maximum atomic E-state index is 11.4. The summed E-state index contributed by atoms with van der Waals surface area (Å²) >= 11 is 0. The first-order valence-electron chi connectivity index (χ1n) is 5.46. The van der Waals surface area contributed by atoms with Crippen molar-refractivity contribution in [3.05, 3.63) is 42.5 Å². The SMILES string of the molecule is CCC(=O)c1ccn(CCn2cccn2)c1. The van der Waals surface area contributed by atoms with E-state index in [1.54, 1.807) is 6.20 Å². The van der Waals surface area contributed by atoms with Crippen molar-refractivity contribution in [3.8, 4) is 0 Å². The summed E-state index contributed by atoms with van der Waals surface area (Å²) in [4.78, 5) is 11.4. The molecule has 0 aliphatic carbocycles. The molecule has 0 amide bonds. The fourth-order valence-electron chi connectivity index (χ4n) is 1.60. The molecule has 0 N–H and O–H groups in total. The molecule has 0 aliphatic rings. The number of hydrogen-bond donors (Lipinski definition) is 0. The molecule has 4 nitrogen and oxygen atoms in total. The van der Waals surface area contributed by atoms with Gasteiger partial charge in [0, 0.05) is 43.3 Å². The van der Waals surface area contributed by atoms with E-state index in [-0.39, 0.29) is 5.78 Å². The second-order valence-electron chi connectivity index (χ2n) is 3.68. The first-order valence-corrected chi connectivity index (χ1v) is 5.46. The maximum Gasteiger partial charge on any atom is 0.164 e. The summed E-state index contributed by atoms with van der Waals surface area (Å²) in [6, 6.07) is 3.77. The van der Waals surface area contributed by atoms with Gasteiger partial charge in [-0.25, -0.2) is 0 Å². The molecule has 0 saturated carbocycles. The zero-order valence-electron chi connectivity index (χ0n) is 9.34. The summed E-state index contributed by atoms with van der Waals surface area (Å²) in [6.45, 7) is 3.53. The summed E-state index contributed by atoms with van der Waals surface area (Å²) in [5, 5.41) is 4.13. The highest BCUT2D eigenvalue weighted by molar-refractivity contribution is 5.95. The molecule has 0 aromatic carbocycles. The molecule has 4 heteroatoms. The third-order valence-electron chi connectivity index (χ3n) is 2.54. The maximum absolute atomic E-state index is 11.4. The number of nitrogens with zero attached hydrogens (tertiary/aromatic N) is 3. The number of aryl methyl sites for hydroxylation is 2. The molecule has 0 aliphatic heterocycles. The predicted octanol–water partition coefficient (Wildman–Crippen LogP) is 1.98. The van der Waals surface area contributed by atoms with Crippen LogP contribution in [0.4, 0.5) is 0 Å². The van der Waals surface area contributed by atoms with Gasteiger partial charge in [-0.05, 0) is 12.1 Å². The standard InChI is InChI=1S/C12H15N3O/c1-2-12(16)11-4-7-14(10-11)8-9-15-6-3-5-13-15/h3-7,10H,2,8-9H2,1H3. The highest BCUT2D eigenvalue weighted by atomic mass is 16.1. The fourth-order valence-corrected chi connectivity index (χ4v) is 1.60. The van der Waals surface area contributed by atoms with Gasteiger partial charge in [-0.3, -0.25) is 9.48 Å². The van der Waals surface area contributed by atoms with Crippen LogP contribution >= 0.6 is 0 Å². The van der Waals surface area contributed by atoms with Gasteiger partial charge in [-0.2, -0.15) is 5.10 Å². The topological polar surface area (TPSA) is 39.8 Å². The van der Waals surface area contributed by atoms with Crippen molar-refractivity contribution in [2.45, 2.75) is 26.4 Å². The minimum Gasteiger partial charge on any atom is -0.352 e. The van der Waals surface area contributed by atoms with Crippen LogP contribution in [0, 0.1) is 0 Å². The van der Waals surface area contributed by atoms with Crippen molar-refractivity contribution < 1.29 is 4.79 Å². The van der Waals surface area contributed by atoms with E-state index in [1.807, 2.05) is 46.9 Å². The Kier molecular flexibility index (Phi) is 3.19. The summed E-state index contributed by atoms with van der Waals surface area (Å²) in [5.41, 5.74) is 0.794. The van der Waals surface area contributed by atoms with Crippen molar-refractivity contribution in [2.24, 2.45) is 0 Å². The quantitative estimate of drug-likeness (QED) is 0.718. The number of aromatic nitrogens is 3. The first kappa shape index (κ1) is 10.7. The molecule has 0 atom stereocenters. The van der Waals surface area contributed by atoms with E-state index in [4.69, 9.17) is 0 Å². The third kappa shape index (κ3) is 2.39. The molecule has 2 aromatic rings. The minimum absolute atomic E-state index is 0.192. The van der Waals surface area contributed by atoms with Gasteiger partial charge in [-0.15, -0.1) is 0 Å². The van der Waals surface area contributed by atoms with Crippen LogP contribution in [0.3, 0.4) is 0 Å². The summed E-state index contributed by atoms with van der Waals surface area (Å²) < 4.78 is 3.89. The number of rotatable bonds is 5. The van der Waals surface area contributed by atoms with Gasteiger partial charge < -0.3 is 4.57 Å². The average molecular weight is 217 g/mol. The molecular weight excluding hydrogens is 202 g/mol. The van der Waals surface area contributed by atoms with Crippen LogP contribution in [0.2, 0.25) is 0 Å². The van der Waals surface area contributed by atoms with Crippen molar-refractivity contribution in [1.29, 1.82) is 0 Å². The first-order chi connectivity index (χ1) is 7.79. The summed E-state index contributed by atoms with van der Waals surface area (Å²) in [6.07, 6.45) is 8.09. The van der Waals surface area contributed by atoms with Gasteiger partial charge in [-0.1, -0.05) is 6.92 Å². The third-order valence-corrected chi connectivity index (χ3v) is 2.54. The zero-order valence-corrected chi connectivity index (χ0v) is 9.34. The van der Waals surface area contributed by atoms with E-state index < -0.39 is 0 Å². The van der Waals surface area contributed by atoms with Crippen molar-refractivity contribution in [3.63, 3.8) is 0 Å². The van der Waals surface area contributed by atoms with Crippen LogP contribution in [-0.4, -0.2) is 20.1 Å². The van der Waals surface area contributed by atoms with Crippen molar-refractivity contribution in [2.75, 3.05) is 0 Å². The Morgan fingerprint density at radius 2 is 2.25 bits per heavy atom. The predicted molar refractivity (Wildman–Crippen MR) is 61.3 cm³/mol. The summed E-state index contributed by atoms with van der Waals surface area (Å²) in [7, 11) is 0. The molecule has 0 fully saturated rings. The van der Waals surface area contributed by atoms with Gasteiger partial charge in [0.25, 0.3) is 0 Å². The Morgan fingerprint density at radius 1 is 1.38 bits per heavy atom. The molecule has 0 unspecified atom stereocenters. The lowest BCUT2D eigenvalue weighted by Crippen LogP contribution is -2.06. The Bertz CT molecular complexity index is 456. The van der Waals surface area contributed by atoms with Gasteiger partial charge in [0.05, 0.1) is 6.54 Å². The van der Waals surface area contributed by atoms with Crippen LogP contribution in [0.25, 0.3) is 0 Å². The monoisotopic (exact) mass is 217 g/mol. The number of carbonyl (C=O) groups excluding carboxylic acids is 1. The highest BCUT2D eigenvalue weighted by Crippen LogP contribution is 2.05. The van der Waals surface area contributed by atoms with Gasteiger partial charge >= 0.3 is 0 Å². The van der Waals surface area contributed by atoms with Crippen LogP contribution in [-0.2, 0) is 13.1 Å². The lowest BCUT2D eigenvalue weighted by molar-refractivity contribution is 0.0988. The van der Waals surface area contributed by atoms with E-state index in [0.29, 0.717) is 6.42 Å². The number of carbonyl (C=O) groups is 1. The minimum atomic E-state index is 0.192. The normalized spacial score (nSPS) is 10.6. The highest BCUT2D eigenvalue weighted by Gasteiger charge is 2.04. The Balaban J connectivity index is 1.95. The Morgan fingerprint density at radius 3 is 2.94 bits per heavy atom. The molecule has 2 aromatic heterocycles. The molecule has 0 saturated heterocycles. The number of Topliss-reactive ketones (excluding diaryl/α,β-unsaturated/α-hetero) is 1. The molecule has 84 valence electrons. The Labute approximate surface area is 94.5 Å². The van der Waals surface area contributed by atoms with E-state index in [1.165, 1.54) is 0 Å². The molecule has 2 heterocycles. The number of ketones is 1. The average Bonchev–Trinajstić information content (AvgIpc) is 2.96. The molecule has 0 spiro atoms. The second kappa shape index (κ2) is 4.79. The molecule has 0 bridgehead atoms. The van der Waals surface area contributed by atoms with Gasteiger partial charge in [0.15, 0.2) is 5.78 Å². The van der Waals surface area contributed by atoms with E-state index in [2.05, 4.69) is 5.10 Å². The van der Waals surface area contributed by atoms with Crippen molar-refractivity contribution >= 4 is 5.78 Å². The lowest BCUT2D eigenvalue weighted by atomic mass is 10.2. The van der Waals surface area contributed by atoms with Crippen LogP contribution in [0.15, 0.2) is 36.9 Å². The van der Waals surface area contributed by atoms with Crippen molar-refractivity contribution in [1.82, 2.24) is 14.3 Å². The van der Waals surface area contributed by atoms with Crippen LogP contribution in [0.1, 0.15) is 23.7 Å². The molecule has 16 heavy (non-hydrogen) atoms. The fraction of sp³-hybridized carbons (Fsp3) is 0.333. The van der Waals surface area contributed by atoms with Gasteiger partial charge in [0.2, 0.25) is 0 Å². The molecule has 2 rings (SSSR count).